The summed E-state index contributed by atoms with van der Waals surface area (Å²) in [7, 11) is 0. The lowest BCUT2D eigenvalue weighted by molar-refractivity contribution is -0.118. The molecule has 0 radical (unpaired) electrons. The highest BCUT2D eigenvalue weighted by Gasteiger charge is 2.17. The Bertz CT molecular complexity index is 422. The number of halogens is 1. The molecule has 3 nitrogen and oxygen atoms in total. The molecule has 16 heavy (non-hydrogen) atoms. The van der Waals surface area contributed by atoms with Gasteiger partial charge in [-0.15, -0.1) is 11.3 Å². The SMILES string of the molecule is CCCN(C(=O)CC)c1cc(Br)c(C#N)s1. The summed E-state index contributed by atoms with van der Waals surface area (Å²) in [5, 5.41) is 9.71. The number of hydrogen-bond acceptors (Lipinski definition) is 3. The molecule has 0 fully saturated rings. The molecule has 1 aromatic rings. The first-order chi connectivity index (χ1) is 7.63. The van der Waals surface area contributed by atoms with Gasteiger partial charge in [0.25, 0.3) is 0 Å². The van der Waals surface area contributed by atoms with E-state index in [1.807, 2.05) is 19.9 Å². The number of amides is 1. The Morgan fingerprint density at radius 2 is 2.31 bits per heavy atom. The standard InChI is InChI=1S/C11H13BrN2OS/c1-3-5-14(10(15)4-2)11-6-8(12)9(7-13)16-11/h6H,3-5H2,1-2H3. The maximum atomic E-state index is 11.7. The van der Waals surface area contributed by atoms with Crippen molar-refractivity contribution in [3.8, 4) is 6.07 Å². The van der Waals surface area contributed by atoms with E-state index in [1.165, 1.54) is 11.3 Å². The fraction of sp³-hybridized carbons (Fsp3) is 0.455. The van der Waals surface area contributed by atoms with Crippen molar-refractivity contribution in [2.45, 2.75) is 26.7 Å². The summed E-state index contributed by atoms with van der Waals surface area (Å²) in [5.74, 6) is 0.0973. The van der Waals surface area contributed by atoms with Crippen LogP contribution in [0.2, 0.25) is 0 Å². The van der Waals surface area contributed by atoms with Gasteiger partial charge >= 0.3 is 0 Å². The molecule has 0 N–H and O–H groups in total. The lowest BCUT2D eigenvalue weighted by Gasteiger charge is -2.19. The van der Waals surface area contributed by atoms with Gasteiger partial charge in [0, 0.05) is 17.4 Å². The molecule has 0 aliphatic rings. The highest BCUT2D eigenvalue weighted by Crippen LogP contribution is 2.33. The minimum absolute atomic E-state index is 0.0973. The van der Waals surface area contributed by atoms with E-state index in [-0.39, 0.29) is 5.91 Å². The van der Waals surface area contributed by atoms with Gasteiger partial charge in [0.15, 0.2) is 0 Å². The van der Waals surface area contributed by atoms with Gasteiger partial charge in [0.1, 0.15) is 10.9 Å². The van der Waals surface area contributed by atoms with Crippen molar-refractivity contribution in [1.29, 1.82) is 5.26 Å². The van der Waals surface area contributed by atoms with Crippen LogP contribution in [0.1, 0.15) is 31.6 Å². The molecule has 5 heteroatoms. The second-order valence-corrected chi connectivity index (χ2v) is 5.16. The van der Waals surface area contributed by atoms with Gasteiger partial charge in [-0.25, -0.2) is 0 Å². The van der Waals surface area contributed by atoms with Crippen LogP contribution in [0.25, 0.3) is 0 Å². The average molecular weight is 301 g/mol. The van der Waals surface area contributed by atoms with Gasteiger partial charge in [-0.2, -0.15) is 5.26 Å². The lowest BCUT2D eigenvalue weighted by Crippen LogP contribution is -2.30. The quantitative estimate of drug-likeness (QED) is 0.854. The number of carbonyl (C=O) groups excluding carboxylic acids is 1. The Labute approximate surface area is 108 Å². The van der Waals surface area contributed by atoms with Gasteiger partial charge in [-0.1, -0.05) is 13.8 Å². The Kier molecular flexibility index (Phi) is 4.97. The molecule has 1 aromatic heterocycles. The molecule has 0 unspecified atom stereocenters. The van der Waals surface area contributed by atoms with Gasteiger partial charge < -0.3 is 4.90 Å². The molecule has 1 amide bonds. The first kappa shape index (κ1) is 13.2. The van der Waals surface area contributed by atoms with E-state index in [1.54, 1.807) is 4.90 Å². The largest absolute Gasteiger partial charge is 0.304 e. The van der Waals surface area contributed by atoms with Crippen LogP contribution in [-0.2, 0) is 4.79 Å². The van der Waals surface area contributed by atoms with Crippen LogP contribution in [0.5, 0.6) is 0 Å². The van der Waals surface area contributed by atoms with E-state index in [9.17, 15) is 4.79 Å². The molecule has 86 valence electrons. The second-order valence-electron chi connectivity index (χ2n) is 3.27. The molecule has 0 spiro atoms. The van der Waals surface area contributed by atoms with E-state index in [2.05, 4.69) is 22.0 Å². The van der Waals surface area contributed by atoms with Gasteiger partial charge in [-0.05, 0) is 28.4 Å². The normalized spacial score (nSPS) is 9.88. The van der Waals surface area contributed by atoms with E-state index in [4.69, 9.17) is 5.26 Å². The van der Waals surface area contributed by atoms with Crippen LogP contribution >= 0.6 is 27.3 Å². The third kappa shape index (κ3) is 2.83. The van der Waals surface area contributed by atoms with Gasteiger partial charge in [-0.3, -0.25) is 4.79 Å². The monoisotopic (exact) mass is 300 g/mol. The molecule has 0 atom stereocenters. The minimum atomic E-state index is 0.0973. The van der Waals surface area contributed by atoms with Crippen molar-refractivity contribution in [3.05, 3.63) is 15.4 Å². The van der Waals surface area contributed by atoms with Crippen LogP contribution < -0.4 is 4.90 Å². The number of thiophene rings is 1. The third-order valence-electron chi connectivity index (χ3n) is 2.09. The predicted molar refractivity (Wildman–Crippen MR) is 69.7 cm³/mol. The Balaban J connectivity index is 3.02. The summed E-state index contributed by atoms with van der Waals surface area (Å²) in [5.41, 5.74) is 0. The molecular formula is C11H13BrN2OS. The van der Waals surface area contributed by atoms with Crippen LogP contribution in [-0.4, -0.2) is 12.5 Å². The van der Waals surface area contributed by atoms with E-state index >= 15 is 0 Å². The van der Waals surface area contributed by atoms with Crippen molar-refractivity contribution in [3.63, 3.8) is 0 Å². The molecule has 0 saturated heterocycles. The minimum Gasteiger partial charge on any atom is -0.304 e. The second kappa shape index (κ2) is 6.02. The molecule has 1 rings (SSSR count). The van der Waals surface area contributed by atoms with E-state index in [0.29, 0.717) is 17.8 Å². The molecular weight excluding hydrogens is 288 g/mol. The lowest BCUT2D eigenvalue weighted by atomic mass is 10.3. The zero-order valence-electron chi connectivity index (χ0n) is 9.29. The van der Waals surface area contributed by atoms with Gasteiger partial charge in [0.05, 0.1) is 5.00 Å². The van der Waals surface area contributed by atoms with Crippen molar-refractivity contribution >= 4 is 38.2 Å². The summed E-state index contributed by atoms with van der Waals surface area (Å²) >= 11 is 4.67. The Hall–Kier alpha value is -0.860. The predicted octanol–water partition coefficient (Wildman–Crippen LogP) is 3.54. The molecule has 0 saturated carbocycles. The molecule has 0 bridgehead atoms. The van der Waals surface area contributed by atoms with Crippen molar-refractivity contribution in [2.24, 2.45) is 0 Å². The zero-order chi connectivity index (χ0) is 12.1. The number of anilines is 1. The average Bonchev–Trinajstić information content (AvgIpc) is 2.66. The Morgan fingerprint density at radius 3 is 2.75 bits per heavy atom. The first-order valence-electron chi connectivity index (χ1n) is 5.13. The number of hydrogen-bond donors (Lipinski definition) is 0. The number of nitriles is 1. The van der Waals surface area contributed by atoms with E-state index < -0.39 is 0 Å². The van der Waals surface area contributed by atoms with Crippen molar-refractivity contribution in [1.82, 2.24) is 0 Å². The fourth-order valence-electron chi connectivity index (χ4n) is 1.34. The summed E-state index contributed by atoms with van der Waals surface area (Å²) < 4.78 is 0.764. The van der Waals surface area contributed by atoms with Crippen molar-refractivity contribution in [2.75, 3.05) is 11.4 Å². The molecule has 1 heterocycles. The fourth-order valence-corrected chi connectivity index (χ4v) is 2.93. The van der Waals surface area contributed by atoms with Crippen LogP contribution in [0.15, 0.2) is 10.5 Å². The topological polar surface area (TPSA) is 44.1 Å². The maximum absolute atomic E-state index is 11.7. The maximum Gasteiger partial charge on any atom is 0.227 e. The number of carbonyl (C=O) groups is 1. The van der Waals surface area contributed by atoms with Crippen molar-refractivity contribution < 1.29 is 4.79 Å². The Morgan fingerprint density at radius 1 is 1.62 bits per heavy atom. The highest BCUT2D eigenvalue weighted by molar-refractivity contribution is 9.10. The molecule has 0 aliphatic carbocycles. The third-order valence-corrected chi connectivity index (χ3v) is 4.04. The number of rotatable bonds is 4. The summed E-state index contributed by atoms with van der Waals surface area (Å²) in [6.45, 7) is 4.58. The smallest absolute Gasteiger partial charge is 0.227 e. The van der Waals surface area contributed by atoms with Crippen LogP contribution in [0, 0.1) is 11.3 Å². The zero-order valence-corrected chi connectivity index (χ0v) is 11.7. The first-order valence-corrected chi connectivity index (χ1v) is 6.74. The summed E-state index contributed by atoms with van der Waals surface area (Å²) in [4.78, 5) is 14.1. The summed E-state index contributed by atoms with van der Waals surface area (Å²) in [6, 6.07) is 3.94. The highest BCUT2D eigenvalue weighted by atomic mass is 79.9. The van der Waals surface area contributed by atoms with Crippen LogP contribution in [0.4, 0.5) is 5.00 Å². The summed E-state index contributed by atoms with van der Waals surface area (Å²) in [6.07, 6.45) is 1.39. The van der Waals surface area contributed by atoms with Crippen LogP contribution in [0.3, 0.4) is 0 Å². The van der Waals surface area contributed by atoms with Gasteiger partial charge in [0.2, 0.25) is 5.91 Å². The van der Waals surface area contributed by atoms with E-state index in [0.717, 1.165) is 15.9 Å². The molecule has 0 aromatic carbocycles. The number of nitrogens with zero attached hydrogens (tertiary/aromatic N) is 2. The molecule has 0 aliphatic heterocycles.